The van der Waals surface area contributed by atoms with Crippen LogP contribution in [0.5, 0.6) is 0 Å². The summed E-state index contributed by atoms with van der Waals surface area (Å²) in [6, 6.07) is 13.4. The minimum Gasteiger partial charge on any atom is -0.387 e. The number of carbonyl (C=O) groups excluding carboxylic acids is 1. The van der Waals surface area contributed by atoms with E-state index in [2.05, 4.69) is 0 Å². The summed E-state index contributed by atoms with van der Waals surface area (Å²) in [5, 5.41) is 10.4. The van der Waals surface area contributed by atoms with Crippen molar-refractivity contribution in [1.29, 1.82) is 0 Å². The molecule has 0 bridgehead atoms. The van der Waals surface area contributed by atoms with Crippen LogP contribution in [-0.2, 0) is 0 Å². The Bertz CT molecular complexity index is 678. The van der Waals surface area contributed by atoms with E-state index in [1.807, 2.05) is 31.2 Å². The summed E-state index contributed by atoms with van der Waals surface area (Å²) in [5.74, 6) is -0.399. The maximum Gasteiger partial charge on any atom is 0.254 e. The van der Waals surface area contributed by atoms with Gasteiger partial charge in [-0.3, -0.25) is 4.79 Å². The molecule has 1 aliphatic carbocycles. The summed E-state index contributed by atoms with van der Waals surface area (Å²) in [7, 11) is 0. The lowest BCUT2D eigenvalue weighted by Gasteiger charge is -2.25. The fraction of sp³-hybridized carbons (Fsp3) is 0.316. The van der Waals surface area contributed by atoms with Gasteiger partial charge in [-0.2, -0.15) is 0 Å². The van der Waals surface area contributed by atoms with Gasteiger partial charge in [0.2, 0.25) is 0 Å². The molecule has 120 valence electrons. The largest absolute Gasteiger partial charge is 0.387 e. The van der Waals surface area contributed by atoms with Crippen LogP contribution in [0, 0.1) is 12.7 Å². The van der Waals surface area contributed by atoms with Crippen molar-refractivity contribution in [2.24, 2.45) is 0 Å². The number of hydrogen-bond acceptors (Lipinski definition) is 2. The Kier molecular flexibility index (Phi) is 4.44. The first-order valence-corrected chi connectivity index (χ1v) is 7.86. The minimum atomic E-state index is -0.814. The molecule has 1 saturated carbocycles. The molecule has 4 heteroatoms. The van der Waals surface area contributed by atoms with Gasteiger partial charge >= 0.3 is 0 Å². The van der Waals surface area contributed by atoms with Crippen LogP contribution in [0.3, 0.4) is 0 Å². The number of benzene rings is 2. The topological polar surface area (TPSA) is 40.5 Å². The zero-order chi connectivity index (χ0) is 16.4. The average Bonchev–Trinajstić information content (AvgIpc) is 3.38. The number of aryl methyl sites for hydroxylation is 1. The normalized spacial score (nSPS) is 15.3. The number of halogens is 1. The highest BCUT2D eigenvalue weighted by Crippen LogP contribution is 2.30. The van der Waals surface area contributed by atoms with E-state index in [4.69, 9.17) is 0 Å². The van der Waals surface area contributed by atoms with Crippen LogP contribution in [0.1, 0.15) is 40.4 Å². The molecule has 1 unspecified atom stereocenters. The molecular weight excluding hydrogens is 293 g/mol. The summed E-state index contributed by atoms with van der Waals surface area (Å²) in [5.41, 5.74) is 2.36. The second kappa shape index (κ2) is 6.50. The lowest BCUT2D eigenvalue weighted by Crippen LogP contribution is -2.36. The molecular formula is C19H20FNO2. The Morgan fingerprint density at radius 3 is 2.35 bits per heavy atom. The number of aliphatic hydroxyl groups is 1. The number of hydrogen-bond donors (Lipinski definition) is 1. The third-order valence-electron chi connectivity index (χ3n) is 4.17. The molecule has 0 heterocycles. The van der Waals surface area contributed by atoms with E-state index in [0.29, 0.717) is 11.1 Å². The van der Waals surface area contributed by atoms with Gasteiger partial charge in [0, 0.05) is 11.6 Å². The number of carbonyl (C=O) groups is 1. The van der Waals surface area contributed by atoms with Crippen LogP contribution in [0.15, 0.2) is 48.5 Å². The van der Waals surface area contributed by atoms with Crippen molar-refractivity contribution in [3.63, 3.8) is 0 Å². The lowest BCUT2D eigenvalue weighted by atomic mass is 10.1. The van der Waals surface area contributed by atoms with Crippen LogP contribution in [0.2, 0.25) is 0 Å². The summed E-state index contributed by atoms with van der Waals surface area (Å²) in [4.78, 5) is 14.4. The molecule has 2 aromatic carbocycles. The second-order valence-corrected chi connectivity index (χ2v) is 6.12. The maximum atomic E-state index is 13.0. The van der Waals surface area contributed by atoms with E-state index in [1.165, 1.54) is 12.1 Å². The molecule has 1 fully saturated rings. The van der Waals surface area contributed by atoms with Crippen LogP contribution >= 0.6 is 0 Å². The molecule has 0 aromatic heterocycles. The van der Waals surface area contributed by atoms with Crippen molar-refractivity contribution in [3.8, 4) is 0 Å². The van der Waals surface area contributed by atoms with Gasteiger partial charge in [-0.15, -0.1) is 0 Å². The number of nitrogens with zero attached hydrogens (tertiary/aromatic N) is 1. The Morgan fingerprint density at radius 1 is 1.17 bits per heavy atom. The van der Waals surface area contributed by atoms with Crippen LogP contribution in [0.4, 0.5) is 4.39 Å². The van der Waals surface area contributed by atoms with Gasteiger partial charge in [0.25, 0.3) is 5.91 Å². The van der Waals surface area contributed by atoms with Crippen LogP contribution in [0.25, 0.3) is 0 Å². The molecule has 23 heavy (non-hydrogen) atoms. The van der Waals surface area contributed by atoms with Crippen LogP contribution in [-0.4, -0.2) is 28.5 Å². The molecule has 1 atom stereocenters. The van der Waals surface area contributed by atoms with E-state index in [-0.39, 0.29) is 24.3 Å². The lowest BCUT2D eigenvalue weighted by molar-refractivity contribution is 0.0603. The fourth-order valence-electron chi connectivity index (χ4n) is 2.62. The summed E-state index contributed by atoms with van der Waals surface area (Å²) < 4.78 is 13.0. The van der Waals surface area contributed by atoms with Crippen molar-refractivity contribution in [3.05, 3.63) is 71.0 Å². The highest BCUT2D eigenvalue weighted by atomic mass is 19.1. The molecule has 0 saturated heterocycles. The number of aliphatic hydroxyl groups excluding tert-OH is 1. The van der Waals surface area contributed by atoms with E-state index < -0.39 is 6.10 Å². The van der Waals surface area contributed by atoms with Crippen LogP contribution < -0.4 is 0 Å². The van der Waals surface area contributed by atoms with E-state index >= 15 is 0 Å². The van der Waals surface area contributed by atoms with Gasteiger partial charge in [0.05, 0.1) is 12.6 Å². The van der Waals surface area contributed by atoms with Gasteiger partial charge in [0.15, 0.2) is 0 Å². The molecule has 3 rings (SSSR count). The predicted octanol–water partition coefficient (Wildman–Crippen LogP) is 3.47. The van der Waals surface area contributed by atoms with E-state index in [9.17, 15) is 14.3 Å². The Balaban J connectivity index is 1.75. The third-order valence-corrected chi connectivity index (χ3v) is 4.17. The quantitative estimate of drug-likeness (QED) is 0.918. The van der Waals surface area contributed by atoms with E-state index in [0.717, 1.165) is 18.4 Å². The van der Waals surface area contributed by atoms with Gasteiger partial charge in [0.1, 0.15) is 5.82 Å². The molecule has 0 aliphatic heterocycles. The van der Waals surface area contributed by atoms with Gasteiger partial charge in [-0.1, -0.05) is 29.8 Å². The minimum absolute atomic E-state index is 0.0614. The number of rotatable bonds is 5. The maximum absolute atomic E-state index is 13.0. The van der Waals surface area contributed by atoms with Crippen molar-refractivity contribution >= 4 is 5.91 Å². The first-order chi connectivity index (χ1) is 11.0. The SMILES string of the molecule is Cc1ccc(C(=O)N(CC(O)c2ccc(F)cc2)C2CC2)cc1. The second-order valence-electron chi connectivity index (χ2n) is 6.12. The molecule has 3 nitrogen and oxygen atoms in total. The smallest absolute Gasteiger partial charge is 0.254 e. The Labute approximate surface area is 135 Å². The molecule has 2 aromatic rings. The Morgan fingerprint density at radius 2 is 1.78 bits per heavy atom. The monoisotopic (exact) mass is 313 g/mol. The van der Waals surface area contributed by atoms with Crippen molar-refractivity contribution < 1.29 is 14.3 Å². The number of amides is 1. The molecule has 1 N–H and O–H groups in total. The zero-order valence-corrected chi connectivity index (χ0v) is 13.1. The Hall–Kier alpha value is -2.20. The highest BCUT2D eigenvalue weighted by molar-refractivity contribution is 5.94. The van der Waals surface area contributed by atoms with E-state index in [1.54, 1.807) is 17.0 Å². The molecule has 1 aliphatic rings. The summed E-state index contributed by atoms with van der Waals surface area (Å²) >= 11 is 0. The highest BCUT2D eigenvalue weighted by Gasteiger charge is 2.34. The zero-order valence-electron chi connectivity index (χ0n) is 13.1. The summed E-state index contributed by atoms with van der Waals surface area (Å²) in [6.07, 6.45) is 1.12. The van der Waals surface area contributed by atoms with Crippen molar-refractivity contribution in [2.45, 2.75) is 31.9 Å². The molecule has 0 spiro atoms. The summed E-state index contributed by atoms with van der Waals surface area (Å²) in [6.45, 7) is 2.20. The molecule has 0 radical (unpaired) electrons. The van der Waals surface area contributed by atoms with Crippen molar-refractivity contribution in [2.75, 3.05) is 6.54 Å². The van der Waals surface area contributed by atoms with Gasteiger partial charge in [-0.05, 0) is 49.6 Å². The average molecular weight is 313 g/mol. The first kappa shape index (κ1) is 15.7. The first-order valence-electron chi connectivity index (χ1n) is 7.86. The molecule has 1 amide bonds. The van der Waals surface area contributed by atoms with Crippen molar-refractivity contribution in [1.82, 2.24) is 4.90 Å². The van der Waals surface area contributed by atoms with Gasteiger partial charge < -0.3 is 10.0 Å². The fourth-order valence-corrected chi connectivity index (χ4v) is 2.62. The van der Waals surface area contributed by atoms with Gasteiger partial charge in [-0.25, -0.2) is 4.39 Å². The standard InChI is InChI=1S/C19H20FNO2/c1-13-2-4-15(5-3-13)19(23)21(17-10-11-17)12-18(22)14-6-8-16(20)9-7-14/h2-9,17-18,22H,10-12H2,1H3. The predicted molar refractivity (Wildman–Crippen MR) is 86.6 cm³/mol. The third kappa shape index (κ3) is 3.77.